The van der Waals surface area contributed by atoms with E-state index in [9.17, 15) is 19.5 Å². The molecule has 2 saturated heterocycles. The van der Waals surface area contributed by atoms with Crippen LogP contribution in [0.2, 0.25) is 0 Å². The van der Waals surface area contributed by atoms with E-state index in [0.29, 0.717) is 17.9 Å². The van der Waals surface area contributed by atoms with Gasteiger partial charge in [0.05, 0.1) is 31.8 Å². The van der Waals surface area contributed by atoms with Crippen molar-refractivity contribution >= 4 is 23.5 Å². The summed E-state index contributed by atoms with van der Waals surface area (Å²) in [6, 6.07) is 5.47. The molecule has 1 aromatic carbocycles. The van der Waals surface area contributed by atoms with Crippen molar-refractivity contribution in [2.75, 3.05) is 31.8 Å². The number of carbonyl (C=O) groups excluding carboxylic acids is 3. The lowest BCUT2D eigenvalue weighted by Crippen LogP contribution is -2.59. The van der Waals surface area contributed by atoms with Crippen LogP contribution in [0.4, 0.5) is 5.69 Å². The normalized spacial score (nSPS) is 32.8. The first kappa shape index (κ1) is 24.5. The number of carbonyl (C=O) groups is 3. The molecule has 0 bridgehead atoms. The molecule has 192 valence electrons. The van der Waals surface area contributed by atoms with E-state index >= 15 is 0 Å². The standard InChI is InChI=1S/C27H32N2O7/c1-4-16(2)19(15-30)29-23-25(32)28(17-8-10-18(34-3)11-9-17)13-6-12-27(23)22(24(29)31)21-20(36-27)7-5-14-35-26(21)33/h5-12,16,19-23,30H,4,13-15H2,1-3H3/t16-,19-,20+,21-,22-,23?,27-/m0/s1. The van der Waals surface area contributed by atoms with E-state index in [1.807, 2.05) is 19.9 Å². The fraction of sp³-hybridized carbons (Fsp3) is 0.519. The number of hydrogen-bond donors (Lipinski definition) is 1. The van der Waals surface area contributed by atoms with Crippen LogP contribution in [0.5, 0.6) is 5.75 Å². The first-order valence-corrected chi connectivity index (χ1v) is 12.4. The monoisotopic (exact) mass is 496 g/mol. The molecule has 9 nitrogen and oxygen atoms in total. The van der Waals surface area contributed by atoms with Crippen molar-refractivity contribution in [2.45, 2.75) is 44.1 Å². The van der Waals surface area contributed by atoms with Crippen molar-refractivity contribution in [3.8, 4) is 5.75 Å². The van der Waals surface area contributed by atoms with E-state index < -0.39 is 41.6 Å². The second-order valence-corrected chi connectivity index (χ2v) is 9.83. The molecule has 36 heavy (non-hydrogen) atoms. The number of aliphatic hydroxyl groups is 1. The van der Waals surface area contributed by atoms with Crippen LogP contribution in [0.3, 0.4) is 0 Å². The summed E-state index contributed by atoms with van der Waals surface area (Å²) in [4.78, 5) is 44.6. The maximum Gasteiger partial charge on any atom is 0.313 e. The van der Waals surface area contributed by atoms with Crippen molar-refractivity contribution in [1.82, 2.24) is 4.90 Å². The highest BCUT2D eigenvalue weighted by molar-refractivity contribution is 6.05. The number of methoxy groups -OCH3 is 1. The molecule has 0 aromatic heterocycles. The zero-order valence-electron chi connectivity index (χ0n) is 20.7. The second kappa shape index (κ2) is 9.37. The lowest BCUT2D eigenvalue weighted by Gasteiger charge is -2.40. The number of nitrogens with zero attached hydrogens (tertiary/aromatic N) is 2. The number of fused-ring (bicyclic) bond motifs is 2. The van der Waals surface area contributed by atoms with E-state index in [-0.39, 0.29) is 37.5 Å². The van der Waals surface area contributed by atoms with Gasteiger partial charge in [0, 0.05) is 12.2 Å². The number of anilines is 1. The summed E-state index contributed by atoms with van der Waals surface area (Å²) in [5.41, 5.74) is -0.708. The van der Waals surface area contributed by atoms with Crippen LogP contribution in [-0.4, -0.2) is 78.4 Å². The maximum absolute atomic E-state index is 14.3. The molecule has 0 radical (unpaired) electrons. The topological polar surface area (TPSA) is 106 Å². The summed E-state index contributed by atoms with van der Waals surface area (Å²) in [6.45, 7) is 3.99. The Morgan fingerprint density at radius 3 is 2.58 bits per heavy atom. The Hall–Kier alpha value is -3.17. The summed E-state index contributed by atoms with van der Waals surface area (Å²) in [7, 11) is 1.57. The van der Waals surface area contributed by atoms with E-state index in [0.717, 1.165) is 0 Å². The number of cyclic esters (lactones) is 1. The molecule has 4 aliphatic heterocycles. The van der Waals surface area contributed by atoms with Gasteiger partial charge in [-0.1, -0.05) is 38.5 Å². The van der Waals surface area contributed by atoms with Crippen molar-refractivity contribution < 1.29 is 33.7 Å². The van der Waals surface area contributed by atoms with Crippen LogP contribution in [0.1, 0.15) is 20.3 Å². The first-order chi connectivity index (χ1) is 17.4. The quantitative estimate of drug-likeness (QED) is 0.472. The number of benzene rings is 1. The molecule has 5 rings (SSSR count). The molecule has 1 unspecified atom stereocenters. The predicted octanol–water partition coefficient (Wildman–Crippen LogP) is 1.70. The first-order valence-electron chi connectivity index (χ1n) is 12.4. The Kier molecular flexibility index (Phi) is 6.38. The Morgan fingerprint density at radius 1 is 1.17 bits per heavy atom. The Morgan fingerprint density at radius 2 is 1.92 bits per heavy atom. The lowest BCUT2D eigenvalue weighted by molar-refractivity contribution is -0.154. The average molecular weight is 497 g/mol. The zero-order valence-corrected chi connectivity index (χ0v) is 20.7. The van der Waals surface area contributed by atoms with Crippen LogP contribution in [0.15, 0.2) is 48.6 Å². The highest BCUT2D eigenvalue weighted by Crippen LogP contribution is 2.54. The Bertz CT molecular complexity index is 1100. The number of hydrogen-bond acceptors (Lipinski definition) is 7. The zero-order chi connectivity index (χ0) is 25.6. The van der Waals surface area contributed by atoms with Crippen LogP contribution in [-0.2, 0) is 23.9 Å². The van der Waals surface area contributed by atoms with Gasteiger partial charge in [0.2, 0.25) is 5.91 Å². The smallest absolute Gasteiger partial charge is 0.313 e. The molecule has 7 atom stereocenters. The van der Waals surface area contributed by atoms with Gasteiger partial charge >= 0.3 is 5.97 Å². The van der Waals surface area contributed by atoms with Gasteiger partial charge in [-0.15, -0.1) is 0 Å². The molecule has 0 saturated carbocycles. The van der Waals surface area contributed by atoms with Crippen molar-refractivity contribution in [1.29, 1.82) is 0 Å². The number of aliphatic hydroxyl groups excluding tert-OH is 1. The van der Waals surface area contributed by atoms with E-state index in [1.54, 1.807) is 54.5 Å². The molecule has 2 amide bonds. The van der Waals surface area contributed by atoms with Gasteiger partial charge in [-0.2, -0.15) is 0 Å². The third-order valence-electron chi connectivity index (χ3n) is 8.08. The summed E-state index contributed by atoms with van der Waals surface area (Å²) >= 11 is 0. The maximum atomic E-state index is 14.3. The number of ether oxygens (including phenoxy) is 3. The van der Waals surface area contributed by atoms with Gasteiger partial charge in [-0.25, -0.2) is 0 Å². The summed E-state index contributed by atoms with van der Waals surface area (Å²) in [6.07, 6.45) is 7.08. The minimum absolute atomic E-state index is 0.0823. The van der Waals surface area contributed by atoms with Crippen molar-refractivity contribution in [3.63, 3.8) is 0 Å². The van der Waals surface area contributed by atoms with E-state index in [4.69, 9.17) is 14.2 Å². The summed E-state index contributed by atoms with van der Waals surface area (Å²) < 4.78 is 17.1. The van der Waals surface area contributed by atoms with E-state index in [1.165, 1.54) is 4.90 Å². The molecule has 0 aliphatic carbocycles. The Balaban J connectivity index is 1.64. The molecule has 2 fully saturated rings. The highest BCUT2D eigenvalue weighted by atomic mass is 16.6. The van der Waals surface area contributed by atoms with Gasteiger partial charge in [0.25, 0.3) is 5.91 Å². The predicted molar refractivity (Wildman–Crippen MR) is 130 cm³/mol. The molecule has 4 heterocycles. The fourth-order valence-corrected chi connectivity index (χ4v) is 6.07. The molecular weight excluding hydrogens is 464 g/mol. The lowest BCUT2D eigenvalue weighted by atomic mass is 9.78. The fourth-order valence-electron chi connectivity index (χ4n) is 6.07. The van der Waals surface area contributed by atoms with Crippen LogP contribution in [0.25, 0.3) is 0 Å². The molecule has 1 aromatic rings. The third-order valence-corrected chi connectivity index (χ3v) is 8.08. The van der Waals surface area contributed by atoms with Gasteiger partial charge < -0.3 is 29.1 Å². The Labute approximate surface area is 210 Å². The molecule has 4 aliphatic rings. The SMILES string of the molecule is CC[C@H](C)[C@H](CO)N1C(=O)[C@@H]2[C@H]3C(=O)OCC=C[C@H]3O[C@@]23C=CCN(c2ccc(OC)cc2)C(=O)C13. The van der Waals surface area contributed by atoms with Gasteiger partial charge in [-0.05, 0) is 36.3 Å². The highest BCUT2D eigenvalue weighted by Gasteiger charge is 2.72. The molecule has 1 N–H and O–H groups in total. The second-order valence-electron chi connectivity index (χ2n) is 9.83. The van der Waals surface area contributed by atoms with Gasteiger partial charge in [-0.3, -0.25) is 14.4 Å². The van der Waals surface area contributed by atoms with Gasteiger partial charge in [0.15, 0.2) is 0 Å². The number of likely N-dealkylation sites (tertiary alicyclic amines) is 1. The molecular formula is C27H32N2O7. The summed E-state index contributed by atoms with van der Waals surface area (Å²) in [5, 5.41) is 10.4. The minimum atomic E-state index is -1.35. The third kappa shape index (κ3) is 3.56. The molecule has 1 spiro atoms. The number of rotatable bonds is 6. The van der Waals surface area contributed by atoms with Crippen LogP contribution < -0.4 is 9.64 Å². The van der Waals surface area contributed by atoms with E-state index in [2.05, 4.69) is 0 Å². The minimum Gasteiger partial charge on any atom is -0.497 e. The summed E-state index contributed by atoms with van der Waals surface area (Å²) in [5.74, 6) is -2.43. The number of esters is 1. The largest absolute Gasteiger partial charge is 0.497 e. The van der Waals surface area contributed by atoms with Crippen LogP contribution >= 0.6 is 0 Å². The number of amides is 2. The van der Waals surface area contributed by atoms with Gasteiger partial charge in [0.1, 0.15) is 29.9 Å². The average Bonchev–Trinajstić information content (AvgIpc) is 3.19. The van der Waals surface area contributed by atoms with Crippen LogP contribution in [0, 0.1) is 17.8 Å². The van der Waals surface area contributed by atoms with Crippen molar-refractivity contribution in [3.05, 3.63) is 48.6 Å². The van der Waals surface area contributed by atoms with Crippen molar-refractivity contribution in [2.24, 2.45) is 17.8 Å². The molecule has 9 heteroatoms.